The number of nitrogens with one attached hydrogen (secondary N) is 1. The Morgan fingerprint density at radius 2 is 1.72 bits per heavy atom. The number of hydrogen-bond acceptors (Lipinski definition) is 3. The Balaban J connectivity index is 2.25. The lowest BCUT2D eigenvalue weighted by atomic mass is 10.1. The molecule has 0 fully saturated rings. The molecule has 2 rings (SSSR count). The fourth-order valence-electron chi connectivity index (χ4n) is 2.82. The molecule has 0 aliphatic carbocycles. The Kier molecular flexibility index (Phi) is 8.73. The summed E-state index contributed by atoms with van der Waals surface area (Å²) in [5.41, 5.74) is 0.550. The van der Waals surface area contributed by atoms with Crippen LogP contribution in [0.1, 0.15) is 25.8 Å². The van der Waals surface area contributed by atoms with Crippen LogP contribution in [0, 0.1) is 5.82 Å². The van der Waals surface area contributed by atoms with E-state index in [0.717, 1.165) is 0 Å². The normalized spacial score (nSPS) is 11.6. The highest BCUT2D eigenvalue weighted by Gasteiger charge is 2.29. The third kappa shape index (κ3) is 6.34. The lowest BCUT2D eigenvalue weighted by molar-refractivity contribution is -0.142. The van der Waals surface area contributed by atoms with Crippen molar-refractivity contribution in [1.82, 2.24) is 10.2 Å². The van der Waals surface area contributed by atoms with Crippen LogP contribution in [-0.2, 0) is 16.1 Å². The highest BCUT2D eigenvalue weighted by atomic mass is 35.5. The maximum Gasteiger partial charge on any atom is 0.261 e. The molecule has 0 heterocycles. The summed E-state index contributed by atoms with van der Waals surface area (Å²) in [5.74, 6) is -0.737. The summed E-state index contributed by atoms with van der Waals surface area (Å²) < 4.78 is 18.5. The van der Waals surface area contributed by atoms with Crippen molar-refractivity contribution in [2.24, 2.45) is 0 Å². The van der Waals surface area contributed by atoms with E-state index >= 15 is 0 Å². The Hall–Kier alpha value is -2.31. The first-order chi connectivity index (χ1) is 13.9. The zero-order valence-electron chi connectivity index (χ0n) is 16.3. The molecule has 0 radical (unpaired) electrons. The lowest BCUT2D eigenvalue weighted by Crippen LogP contribution is -2.50. The van der Waals surface area contributed by atoms with Crippen LogP contribution < -0.4 is 10.1 Å². The van der Waals surface area contributed by atoms with Gasteiger partial charge in [0.2, 0.25) is 5.91 Å². The van der Waals surface area contributed by atoms with Crippen molar-refractivity contribution in [2.75, 3.05) is 13.2 Å². The molecule has 0 aliphatic rings. The summed E-state index contributed by atoms with van der Waals surface area (Å²) in [6.45, 7) is 3.80. The number of benzene rings is 2. The van der Waals surface area contributed by atoms with Crippen LogP contribution in [0.2, 0.25) is 10.0 Å². The predicted octanol–water partition coefficient (Wildman–Crippen LogP) is 4.45. The van der Waals surface area contributed by atoms with Crippen LogP contribution in [0.3, 0.4) is 0 Å². The van der Waals surface area contributed by atoms with Crippen molar-refractivity contribution in [3.63, 3.8) is 0 Å². The van der Waals surface area contributed by atoms with E-state index < -0.39 is 17.8 Å². The number of hydrogen-bond donors (Lipinski definition) is 1. The van der Waals surface area contributed by atoms with E-state index in [1.807, 2.05) is 6.92 Å². The van der Waals surface area contributed by atoms with Gasteiger partial charge in [-0.15, -0.1) is 0 Å². The number of halogens is 3. The van der Waals surface area contributed by atoms with Crippen LogP contribution in [0.15, 0.2) is 42.5 Å². The van der Waals surface area contributed by atoms with Gasteiger partial charge in [-0.3, -0.25) is 9.59 Å². The minimum absolute atomic E-state index is 0.0553. The van der Waals surface area contributed by atoms with E-state index in [0.29, 0.717) is 34.3 Å². The van der Waals surface area contributed by atoms with Crippen LogP contribution in [0.4, 0.5) is 4.39 Å². The molecule has 2 aromatic carbocycles. The fraction of sp³-hybridized carbons (Fsp3) is 0.333. The van der Waals surface area contributed by atoms with Gasteiger partial charge in [0.15, 0.2) is 6.61 Å². The minimum Gasteiger partial charge on any atom is -0.484 e. The second kappa shape index (κ2) is 11.0. The van der Waals surface area contributed by atoms with Crippen molar-refractivity contribution in [3.8, 4) is 5.75 Å². The standard InChI is InChI=1S/C21H23Cl2FN2O3/c1-3-19(21(28)25-4-2)26(12-16-17(22)6-5-7-18(16)23)20(27)13-29-15-10-8-14(24)9-11-15/h5-11,19H,3-4,12-13H2,1-2H3,(H,25,28)/t19-/m1/s1. The minimum atomic E-state index is -0.716. The van der Waals surface area contributed by atoms with Crippen LogP contribution in [0.5, 0.6) is 5.75 Å². The SMILES string of the molecule is CCNC(=O)[C@@H](CC)N(Cc1c(Cl)cccc1Cl)C(=O)COc1ccc(F)cc1. The monoisotopic (exact) mass is 440 g/mol. The van der Waals surface area contributed by atoms with E-state index in [4.69, 9.17) is 27.9 Å². The molecule has 1 N–H and O–H groups in total. The average molecular weight is 441 g/mol. The number of carbonyl (C=O) groups excluding carboxylic acids is 2. The quantitative estimate of drug-likeness (QED) is 0.626. The van der Waals surface area contributed by atoms with Gasteiger partial charge in [-0.2, -0.15) is 0 Å². The van der Waals surface area contributed by atoms with Crippen LogP contribution in [0.25, 0.3) is 0 Å². The molecule has 0 saturated carbocycles. The Morgan fingerprint density at radius 1 is 1.10 bits per heavy atom. The summed E-state index contributed by atoms with van der Waals surface area (Å²) in [7, 11) is 0. The molecule has 5 nitrogen and oxygen atoms in total. The fourth-order valence-corrected chi connectivity index (χ4v) is 3.34. The van der Waals surface area contributed by atoms with Crippen molar-refractivity contribution >= 4 is 35.0 Å². The van der Waals surface area contributed by atoms with Gasteiger partial charge >= 0.3 is 0 Å². The smallest absolute Gasteiger partial charge is 0.261 e. The van der Waals surface area contributed by atoms with Crippen LogP contribution >= 0.6 is 23.2 Å². The number of ether oxygens (including phenoxy) is 1. The summed E-state index contributed by atoms with van der Waals surface area (Å²) in [4.78, 5) is 26.9. The molecule has 1 atom stereocenters. The number of amides is 2. The molecule has 29 heavy (non-hydrogen) atoms. The second-order valence-corrected chi connectivity index (χ2v) is 7.10. The molecule has 0 aromatic heterocycles. The maximum atomic E-state index is 13.0. The van der Waals surface area contributed by atoms with Gasteiger partial charge in [0.05, 0.1) is 0 Å². The molecule has 0 bridgehead atoms. The van der Waals surface area contributed by atoms with Gasteiger partial charge in [-0.25, -0.2) is 4.39 Å². The van der Waals surface area contributed by atoms with Crippen molar-refractivity contribution in [2.45, 2.75) is 32.9 Å². The van der Waals surface area contributed by atoms with E-state index in [-0.39, 0.29) is 19.1 Å². The molecule has 0 unspecified atom stereocenters. The Bertz CT molecular complexity index is 826. The second-order valence-electron chi connectivity index (χ2n) is 6.28. The summed E-state index contributed by atoms with van der Waals surface area (Å²) >= 11 is 12.5. The number of likely N-dealkylation sites (N-methyl/N-ethyl adjacent to an activating group) is 1. The van der Waals surface area contributed by atoms with E-state index in [9.17, 15) is 14.0 Å². The van der Waals surface area contributed by atoms with Crippen molar-refractivity contribution < 1.29 is 18.7 Å². The highest BCUT2D eigenvalue weighted by molar-refractivity contribution is 6.36. The summed E-state index contributed by atoms with van der Waals surface area (Å²) in [6, 6.07) is 9.68. The Labute approximate surface area is 179 Å². The first-order valence-corrected chi connectivity index (χ1v) is 10.0. The van der Waals surface area contributed by atoms with Gasteiger partial charge in [-0.05, 0) is 49.7 Å². The predicted molar refractivity (Wildman–Crippen MR) is 112 cm³/mol. The lowest BCUT2D eigenvalue weighted by Gasteiger charge is -2.31. The maximum absolute atomic E-state index is 13.0. The summed E-state index contributed by atoms with van der Waals surface area (Å²) in [5, 5.41) is 3.55. The van der Waals surface area contributed by atoms with Crippen molar-refractivity contribution in [3.05, 3.63) is 63.9 Å². The van der Waals surface area contributed by atoms with Gasteiger partial charge in [-0.1, -0.05) is 36.2 Å². The van der Waals surface area contributed by atoms with Gasteiger partial charge in [0.1, 0.15) is 17.6 Å². The molecule has 0 spiro atoms. The van der Waals surface area contributed by atoms with E-state index in [2.05, 4.69) is 5.32 Å². The molecule has 8 heteroatoms. The van der Waals surface area contributed by atoms with Crippen LogP contribution in [-0.4, -0.2) is 35.9 Å². The average Bonchev–Trinajstić information content (AvgIpc) is 2.69. The van der Waals surface area contributed by atoms with Gasteiger partial charge in [0.25, 0.3) is 5.91 Å². The first-order valence-electron chi connectivity index (χ1n) is 9.25. The molecule has 0 aliphatic heterocycles. The van der Waals surface area contributed by atoms with E-state index in [1.54, 1.807) is 25.1 Å². The number of nitrogens with zero attached hydrogens (tertiary/aromatic N) is 1. The summed E-state index contributed by atoms with van der Waals surface area (Å²) in [6.07, 6.45) is 0.399. The van der Waals surface area contributed by atoms with Gasteiger partial charge in [0, 0.05) is 28.7 Å². The Morgan fingerprint density at radius 3 is 2.28 bits per heavy atom. The molecule has 2 amide bonds. The molecule has 0 saturated heterocycles. The molecule has 2 aromatic rings. The molecule has 156 valence electrons. The third-order valence-electron chi connectivity index (χ3n) is 4.30. The first kappa shape index (κ1) is 23.0. The third-order valence-corrected chi connectivity index (χ3v) is 5.01. The van der Waals surface area contributed by atoms with Crippen molar-refractivity contribution in [1.29, 1.82) is 0 Å². The number of carbonyl (C=O) groups is 2. The van der Waals surface area contributed by atoms with Gasteiger partial charge < -0.3 is 15.0 Å². The number of rotatable bonds is 9. The topological polar surface area (TPSA) is 58.6 Å². The largest absolute Gasteiger partial charge is 0.484 e. The zero-order valence-corrected chi connectivity index (χ0v) is 17.8. The molecular weight excluding hydrogens is 418 g/mol. The molecular formula is C21H23Cl2FN2O3. The van der Waals surface area contributed by atoms with E-state index in [1.165, 1.54) is 29.2 Å². The highest BCUT2D eigenvalue weighted by Crippen LogP contribution is 2.27. The zero-order chi connectivity index (χ0) is 21.4.